The molecule has 9 heteroatoms. The second kappa shape index (κ2) is 5.28. The topological polar surface area (TPSA) is 84.8 Å². The van der Waals surface area contributed by atoms with Crippen LogP contribution in [0.5, 0.6) is 0 Å². The van der Waals surface area contributed by atoms with Crippen molar-refractivity contribution in [1.82, 2.24) is 15.0 Å². The zero-order chi connectivity index (χ0) is 14.0. The highest BCUT2D eigenvalue weighted by atomic mass is 35.5. The SMILES string of the molecule is Cc1cc(Cl)nc(NS(=O)(=O)c2cccnc2Cl)n1. The van der Waals surface area contributed by atoms with Gasteiger partial charge < -0.3 is 0 Å². The van der Waals surface area contributed by atoms with Crippen LogP contribution < -0.4 is 4.72 Å². The summed E-state index contributed by atoms with van der Waals surface area (Å²) in [4.78, 5) is 11.2. The summed E-state index contributed by atoms with van der Waals surface area (Å²) in [6, 6.07) is 4.30. The van der Waals surface area contributed by atoms with Crippen molar-refractivity contribution in [1.29, 1.82) is 0 Å². The first-order valence-corrected chi connectivity index (χ1v) is 7.27. The van der Waals surface area contributed by atoms with E-state index >= 15 is 0 Å². The van der Waals surface area contributed by atoms with Gasteiger partial charge in [0, 0.05) is 11.9 Å². The highest BCUT2D eigenvalue weighted by Gasteiger charge is 2.20. The molecule has 0 unspecified atom stereocenters. The van der Waals surface area contributed by atoms with Crippen LogP contribution in [0.25, 0.3) is 0 Å². The number of halogens is 2. The molecule has 0 bridgehead atoms. The zero-order valence-electron chi connectivity index (χ0n) is 9.63. The molecule has 0 aliphatic carbocycles. The van der Waals surface area contributed by atoms with Gasteiger partial charge in [-0.15, -0.1) is 0 Å². The van der Waals surface area contributed by atoms with E-state index in [-0.39, 0.29) is 21.2 Å². The van der Waals surface area contributed by atoms with Crippen molar-refractivity contribution in [3.05, 3.63) is 40.4 Å². The maximum atomic E-state index is 12.1. The van der Waals surface area contributed by atoms with Crippen LogP contribution in [0, 0.1) is 6.92 Å². The molecule has 100 valence electrons. The molecule has 0 radical (unpaired) electrons. The Morgan fingerprint density at radius 2 is 2.00 bits per heavy atom. The molecule has 0 aliphatic rings. The lowest BCUT2D eigenvalue weighted by molar-refractivity contribution is 0.600. The van der Waals surface area contributed by atoms with Gasteiger partial charge in [-0.3, -0.25) is 0 Å². The van der Waals surface area contributed by atoms with Crippen LogP contribution in [0.2, 0.25) is 10.3 Å². The van der Waals surface area contributed by atoms with Crippen LogP contribution in [-0.4, -0.2) is 23.4 Å². The molecule has 0 spiro atoms. The molecule has 2 rings (SSSR count). The molecule has 0 aromatic carbocycles. The highest BCUT2D eigenvalue weighted by Crippen LogP contribution is 2.20. The van der Waals surface area contributed by atoms with Crippen LogP contribution in [-0.2, 0) is 10.0 Å². The lowest BCUT2D eigenvalue weighted by atomic mass is 10.5. The van der Waals surface area contributed by atoms with Gasteiger partial charge in [-0.1, -0.05) is 23.2 Å². The first kappa shape index (κ1) is 14.0. The number of hydrogen-bond donors (Lipinski definition) is 1. The Morgan fingerprint density at radius 3 is 2.63 bits per heavy atom. The third-order valence-electron chi connectivity index (χ3n) is 2.06. The molecule has 2 aromatic rings. The predicted molar refractivity (Wildman–Crippen MR) is 71.8 cm³/mol. The largest absolute Gasteiger partial charge is 0.267 e. The normalized spacial score (nSPS) is 11.3. The number of hydrogen-bond acceptors (Lipinski definition) is 5. The summed E-state index contributed by atoms with van der Waals surface area (Å²) in [6.07, 6.45) is 1.39. The van der Waals surface area contributed by atoms with Gasteiger partial charge >= 0.3 is 0 Å². The van der Waals surface area contributed by atoms with E-state index in [0.29, 0.717) is 5.69 Å². The number of aryl methyl sites for hydroxylation is 1. The number of aromatic nitrogens is 3. The van der Waals surface area contributed by atoms with Gasteiger partial charge in [0.25, 0.3) is 10.0 Å². The van der Waals surface area contributed by atoms with Gasteiger partial charge in [-0.05, 0) is 25.1 Å². The number of nitrogens with one attached hydrogen (secondary N) is 1. The molecule has 0 saturated heterocycles. The summed E-state index contributed by atoms with van der Waals surface area (Å²) in [6.45, 7) is 1.67. The van der Waals surface area contributed by atoms with Crippen LogP contribution in [0.15, 0.2) is 29.3 Å². The monoisotopic (exact) mass is 318 g/mol. The zero-order valence-corrected chi connectivity index (χ0v) is 12.0. The van der Waals surface area contributed by atoms with Crippen molar-refractivity contribution >= 4 is 39.2 Å². The maximum absolute atomic E-state index is 12.1. The number of sulfonamides is 1. The quantitative estimate of drug-likeness (QED) is 0.693. The van der Waals surface area contributed by atoms with Crippen LogP contribution in [0.1, 0.15) is 5.69 Å². The van der Waals surface area contributed by atoms with E-state index in [2.05, 4.69) is 19.7 Å². The lowest BCUT2D eigenvalue weighted by Gasteiger charge is -2.08. The molecule has 1 N–H and O–H groups in total. The second-order valence-corrected chi connectivity index (χ2v) is 5.95. The highest BCUT2D eigenvalue weighted by molar-refractivity contribution is 7.92. The van der Waals surface area contributed by atoms with Crippen molar-refractivity contribution < 1.29 is 8.42 Å². The van der Waals surface area contributed by atoms with E-state index in [1.165, 1.54) is 24.4 Å². The van der Waals surface area contributed by atoms with E-state index in [0.717, 1.165) is 0 Å². The van der Waals surface area contributed by atoms with E-state index in [1.807, 2.05) is 0 Å². The van der Waals surface area contributed by atoms with E-state index in [9.17, 15) is 8.42 Å². The van der Waals surface area contributed by atoms with E-state index in [1.54, 1.807) is 6.92 Å². The molecule has 2 aromatic heterocycles. The maximum Gasteiger partial charge on any atom is 0.267 e. The third kappa shape index (κ3) is 3.31. The fraction of sp³-hybridized carbons (Fsp3) is 0.100. The van der Waals surface area contributed by atoms with E-state index in [4.69, 9.17) is 23.2 Å². The number of rotatable bonds is 3. The Kier molecular flexibility index (Phi) is 3.88. The Morgan fingerprint density at radius 1 is 1.26 bits per heavy atom. The Labute approximate surface area is 119 Å². The number of anilines is 1. The molecule has 2 heterocycles. The van der Waals surface area contributed by atoms with Gasteiger partial charge in [0.2, 0.25) is 5.95 Å². The first-order valence-electron chi connectivity index (χ1n) is 5.03. The minimum absolute atomic E-state index is 0.120. The standard InChI is InChI=1S/C10H8Cl2N4O2S/c1-6-5-8(11)15-10(14-6)16-19(17,18)7-3-2-4-13-9(7)12/h2-5H,1H3,(H,14,15,16). The van der Waals surface area contributed by atoms with Crippen molar-refractivity contribution in [3.63, 3.8) is 0 Å². The minimum Gasteiger partial charge on any atom is -0.247 e. The fourth-order valence-electron chi connectivity index (χ4n) is 1.32. The fourth-order valence-corrected chi connectivity index (χ4v) is 2.96. The summed E-state index contributed by atoms with van der Waals surface area (Å²) in [5.74, 6) is -0.120. The van der Waals surface area contributed by atoms with Crippen molar-refractivity contribution in [3.8, 4) is 0 Å². The average Bonchev–Trinajstić information content (AvgIpc) is 2.26. The number of nitrogens with zero attached hydrogens (tertiary/aromatic N) is 3. The van der Waals surface area contributed by atoms with Gasteiger partial charge in [0.1, 0.15) is 15.2 Å². The van der Waals surface area contributed by atoms with Crippen molar-refractivity contribution in [2.45, 2.75) is 11.8 Å². The smallest absolute Gasteiger partial charge is 0.247 e. The molecular formula is C10H8Cl2N4O2S. The average molecular weight is 319 g/mol. The molecule has 0 atom stereocenters. The summed E-state index contributed by atoms with van der Waals surface area (Å²) in [7, 11) is -3.91. The van der Waals surface area contributed by atoms with E-state index < -0.39 is 10.0 Å². The molecule has 0 fully saturated rings. The predicted octanol–water partition coefficient (Wildman–Crippen LogP) is 2.29. The third-order valence-corrected chi connectivity index (χ3v) is 4.03. The second-order valence-electron chi connectivity index (χ2n) is 3.55. The molecule has 0 amide bonds. The van der Waals surface area contributed by atoms with Crippen LogP contribution in [0.4, 0.5) is 5.95 Å². The van der Waals surface area contributed by atoms with Crippen LogP contribution in [0.3, 0.4) is 0 Å². The van der Waals surface area contributed by atoms with Crippen molar-refractivity contribution in [2.75, 3.05) is 4.72 Å². The Hall–Kier alpha value is -1.44. The van der Waals surface area contributed by atoms with Gasteiger partial charge in [0.05, 0.1) is 0 Å². The Bertz CT molecular complexity index is 701. The van der Waals surface area contributed by atoms with Gasteiger partial charge in [-0.25, -0.2) is 28.1 Å². The Balaban J connectivity index is 2.39. The van der Waals surface area contributed by atoms with Crippen molar-refractivity contribution in [2.24, 2.45) is 0 Å². The summed E-state index contributed by atoms with van der Waals surface area (Å²) >= 11 is 11.5. The lowest BCUT2D eigenvalue weighted by Crippen LogP contribution is -2.16. The molecular weight excluding hydrogens is 311 g/mol. The summed E-state index contributed by atoms with van der Waals surface area (Å²) < 4.78 is 26.4. The molecule has 19 heavy (non-hydrogen) atoms. The molecule has 0 saturated carbocycles. The van der Waals surface area contributed by atoms with Crippen LogP contribution >= 0.6 is 23.2 Å². The molecule has 6 nitrogen and oxygen atoms in total. The molecule has 0 aliphatic heterocycles. The summed E-state index contributed by atoms with van der Waals surface area (Å²) in [5, 5.41) is 0.0104. The minimum atomic E-state index is -3.91. The van der Waals surface area contributed by atoms with Gasteiger partial charge in [0.15, 0.2) is 0 Å². The van der Waals surface area contributed by atoms with Gasteiger partial charge in [-0.2, -0.15) is 0 Å². The number of pyridine rings is 1. The summed E-state index contributed by atoms with van der Waals surface area (Å²) in [5.41, 5.74) is 0.537. The first-order chi connectivity index (χ1) is 8.88.